The van der Waals surface area contributed by atoms with E-state index in [0.717, 1.165) is 5.56 Å². The molecule has 7 heteroatoms. The standard InChI is InChI=1S/C14H12ClN3O3/c1-8-2-4-10(7-11(8)15)17-14(19)9-3-5-13(18(20)21)12(16)6-9/h2-7H,16H2,1H3,(H,17,19). The summed E-state index contributed by atoms with van der Waals surface area (Å²) < 4.78 is 0. The van der Waals surface area contributed by atoms with Crippen LogP contribution in [0.3, 0.4) is 0 Å². The zero-order valence-corrected chi connectivity index (χ0v) is 11.8. The van der Waals surface area contributed by atoms with E-state index in [1.165, 1.54) is 18.2 Å². The number of nitrogens with zero attached hydrogens (tertiary/aromatic N) is 1. The first-order valence-electron chi connectivity index (χ1n) is 6.00. The Bertz CT molecular complexity index is 731. The summed E-state index contributed by atoms with van der Waals surface area (Å²) in [5.41, 5.74) is 6.93. The fraction of sp³-hybridized carbons (Fsp3) is 0.0714. The summed E-state index contributed by atoms with van der Waals surface area (Å²) in [7, 11) is 0. The minimum absolute atomic E-state index is 0.0606. The first-order valence-corrected chi connectivity index (χ1v) is 6.37. The molecule has 2 aromatic carbocycles. The second-order valence-corrected chi connectivity index (χ2v) is 4.86. The third-order valence-corrected chi connectivity index (χ3v) is 3.32. The maximum Gasteiger partial charge on any atom is 0.292 e. The van der Waals surface area contributed by atoms with Gasteiger partial charge < -0.3 is 11.1 Å². The average molecular weight is 306 g/mol. The number of amides is 1. The molecule has 0 aliphatic carbocycles. The Labute approximate surface area is 125 Å². The monoisotopic (exact) mass is 305 g/mol. The molecule has 0 atom stereocenters. The Morgan fingerprint density at radius 3 is 2.57 bits per heavy atom. The van der Waals surface area contributed by atoms with E-state index in [0.29, 0.717) is 10.7 Å². The fourth-order valence-corrected chi connectivity index (χ4v) is 1.92. The van der Waals surface area contributed by atoms with Crippen LogP contribution in [0.2, 0.25) is 5.02 Å². The van der Waals surface area contributed by atoms with Crippen LogP contribution < -0.4 is 11.1 Å². The third-order valence-electron chi connectivity index (χ3n) is 2.92. The number of halogens is 1. The number of nitro groups is 1. The molecule has 0 saturated heterocycles. The first kappa shape index (κ1) is 14.8. The van der Waals surface area contributed by atoms with Gasteiger partial charge in [0, 0.05) is 22.3 Å². The topological polar surface area (TPSA) is 98.3 Å². The predicted octanol–water partition coefficient (Wildman–Crippen LogP) is 3.39. The number of nitrogens with one attached hydrogen (secondary N) is 1. The molecular formula is C14H12ClN3O3. The summed E-state index contributed by atoms with van der Waals surface area (Å²) in [4.78, 5) is 22.1. The number of nitrogens with two attached hydrogens (primary N) is 1. The normalized spacial score (nSPS) is 10.2. The van der Waals surface area contributed by atoms with Crippen molar-refractivity contribution in [2.45, 2.75) is 6.92 Å². The van der Waals surface area contributed by atoms with Crippen molar-refractivity contribution in [2.24, 2.45) is 0 Å². The van der Waals surface area contributed by atoms with Crippen molar-refractivity contribution in [3.63, 3.8) is 0 Å². The molecule has 0 aliphatic rings. The predicted molar refractivity (Wildman–Crippen MR) is 81.7 cm³/mol. The van der Waals surface area contributed by atoms with Gasteiger partial charge in [0.2, 0.25) is 0 Å². The van der Waals surface area contributed by atoms with Crippen molar-refractivity contribution in [2.75, 3.05) is 11.1 Å². The zero-order valence-electron chi connectivity index (χ0n) is 11.1. The highest BCUT2D eigenvalue weighted by atomic mass is 35.5. The van der Waals surface area contributed by atoms with Gasteiger partial charge in [-0.3, -0.25) is 14.9 Å². The summed E-state index contributed by atoms with van der Waals surface area (Å²) in [6.07, 6.45) is 0. The maximum absolute atomic E-state index is 12.1. The minimum Gasteiger partial charge on any atom is -0.393 e. The van der Waals surface area contributed by atoms with Gasteiger partial charge >= 0.3 is 0 Å². The summed E-state index contributed by atoms with van der Waals surface area (Å²) in [6.45, 7) is 1.85. The first-order chi connectivity index (χ1) is 9.88. The van der Waals surface area contributed by atoms with Crippen LogP contribution in [0.25, 0.3) is 0 Å². The van der Waals surface area contributed by atoms with Crippen LogP contribution in [0.15, 0.2) is 36.4 Å². The van der Waals surface area contributed by atoms with Crippen molar-refractivity contribution in [1.29, 1.82) is 0 Å². The molecule has 21 heavy (non-hydrogen) atoms. The van der Waals surface area contributed by atoms with E-state index in [-0.39, 0.29) is 16.9 Å². The minimum atomic E-state index is -0.600. The molecule has 0 unspecified atom stereocenters. The second kappa shape index (κ2) is 5.80. The van der Waals surface area contributed by atoms with Crippen molar-refractivity contribution < 1.29 is 9.72 Å². The number of anilines is 2. The Balaban J connectivity index is 2.22. The Morgan fingerprint density at radius 2 is 2.00 bits per heavy atom. The van der Waals surface area contributed by atoms with Crippen LogP contribution in [0.5, 0.6) is 0 Å². The van der Waals surface area contributed by atoms with Gasteiger partial charge in [-0.05, 0) is 36.8 Å². The molecule has 0 aromatic heterocycles. The van der Waals surface area contributed by atoms with E-state index in [4.69, 9.17) is 17.3 Å². The second-order valence-electron chi connectivity index (χ2n) is 4.45. The molecule has 1 amide bonds. The van der Waals surface area contributed by atoms with Crippen molar-refractivity contribution >= 4 is 34.6 Å². The summed E-state index contributed by atoms with van der Waals surface area (Å²) in [5.74, 6) is -0.420. The quantitative estimate of drug-likeness (QED) is 0.516. The van der Waals surface area contributed by atoms with Crippen molar-refractivity contribution in [3.8, 4) is 0 Å². The van der Waals surface area contributed by atoms with Gasteiger partial charge in [-0.2, -0.15) is 0 Å². The van der Waals surface area contributed by atoms with Gasteiger partial charge in [0.25, 0.3) is 11.6 Å². The van der Waals surface area contributed by atoms with Crippen LogP contribution in [0.4, 0.5) is 17.1 Å². The number of carbonyl (C=O) groups excluding carboxylic acids is 1. The van der Waals surface area contributed by atoms with E-state index in [1.54, 1.807) is 18.2 Å². The smallest absolute Gasteiger partial charge is 0.292 e. The largest absolute Gasteiger partial charge is 0.393 e. The zero-order chi connectivity index (χ0) is 15.6. The van der Waals surface area contributed by atoms with Crippen LogP contribution >= 0.6 is 11.6 Å². The van der Waals surface area contributed by atoms with Crippen LogP contribution in [0, 0.1) is 17.0 Å². The number of hydrogen-bond acceptors (Lipinski definition) is 4. The van der Waals surface area contributed by atoms with E-state index >= 15 is 0 Å². The summed E-state index contributed by atoms with van der Waals surface area (Å²) in [6, 6.07) is 8.94. The molecule has 2 rings (SSSR count). The average Bonchev–Trinajstić information content (AvgIpc) is 2.42. The lowest BCUT2D eigenvalue weighted by atomic mass is 10.1. The molecule has 0 saturated carbocycles. The van der Waals surface area contributed by atoms with Gasteiger partial charge in [0.05, 0.1) is 4.92 Å². The third kappa shape index (κ3) is 3.29. The number of hydrogen-bond donors (Lipinski definition) is 2. The summed E-state index contributed by atoms with van der Waals surface area (Å²) in [5, 5.41) is 13.9. The molecular weight excluding hydrogens is 294 g/mol. The lowest BCUT2D eigenvalue weighted by molar-refractivity contribution is -0.383. The van der Waals surface area contributed by atoms with Crippen LogP contribution in [0.1, 0.15) is 15.9 Å². The summed E-state index contributed by atoms with van der Waals surface area (Å²) >= 11 is 5.98. The molecule has 0 heterocycles. The Hall–Kier alpha value is -2.60. The highest BCUT2D eigenvalue weighted by Crippen LogP contribution is 2.24. The molecule has 0 bridgehead atoms. The highest BCUT2D eigenvalue weighted by Gasteiger charge is 2.14. The Morgan fingerprint density at radius 1 is 1.29 bits per heavy atom. The van der Waals surface area contributed by atoms with Gasteiger partial charge in [0.15, 0.2) is 0 Å². The van der Waals surface area contributed by atoms with Crippen LogP contribution in [-0.2, 0) is 0 Å². The molecule has 2 aromatic rings. The number of benzene rings is 2. The number of rotatable bonds is 3. The highest BCUT2D eigenvalue weighted by molar-refractivity contribution is 6.31. The molecule has 0 radical (unpaired) electrons. The SMILES string of the molecule is Cc1ccc(NC(=O)c2ccc([N+](=O)[O-])c(N)c2)cc1Cl. The molecule has 6 nitrogen and oxygen atoms in total. The van der Waals surface area contributed by atoms with Gasteiger partial charge in [-0.1, -0.05) is 17.7 Å². The lowest BCUT2D eigenvalue weighted by Crippen LogP contribution is -2.12. The molecule has 0 fully saturated rings. The number of carbonyl (C=O) groups is 1. The van der Waals surface area contributed by atoms with Gasteiger partial charge in [-0.15, -0.1) is 0 Å². The Kier molecular flexibility index (Phi) is 4.09. The molecule has 0 aliphatic heterocycles. The van der Waals surface area contributed by atoms with Crippen molar-refractivity contribution in [3.05, 3.63) is 62.7 Å². The van der Waals surface area contributed by atoms with Gasteiger partial charge in [0.1, 0.15) is 5.69 Å². The molecule has 3 N–H and O–H groups in total. The number of nitrogen functional groups attached to an aromatic ring is 1. The van der Waals surface area contributed by atoms with E-state index in [9.17, 15) is 14.9 Å². The van der Waals surface area contributed by atoms with E-state index in [2.05, 4.69) is 5.32 Å². The number of aryl methyl sites for hydroxylation is 1. The lowest BCUT2D eigenvalue weighted by Gasteiger charge is -2.07. The maximum atomic E-state index is 12.1. The van der Waals surface area contributed by atoms with Crippen molar-refractivity contribution in [1.82, 2.24) is 0 Å². The van der Waals surface area contributed by atoms with Gasteiger partial charge in [-0.25, -0.2) is 0 Å². The van der Waals surface area contributed by atoms with E-state index in [1.807, 2.05) is 6.92 Å². The number of nitro benzene ring substituents is 1. The van der Waals surface area contributed by atoms with Crippen LogP contribution in [-0.4, -0.2) is 10.8 Å². The molecule has 108 valence electrons. The molecule has 0 spiro atoms. The van der Waals surface area contributed by atoms with E-state index < -0.39 is 10.8 Å². The fourth-order valence-electron chi connectivity index (χ4n) is 1.74.